The molecule has 1 aliphatic heterocycles. The maximum absolute atomic E-state index is 13.0. The molecule has 0 bridgehead atoms. The number of hydrogen-bond acceptors (Lipinski definition) is 5. The zero-order chi connectivity index (χ0) is 21.2. The monoisotopic (exact) mass is 439 g/mol. The number of nitrogens with zero attached hydrogens (tertiary/aromatic N) is 2. The van der Waals surface area contributed by atoms with Crippen LogP contribution >= 0.6 is 11.6 Å². The summed E-state index contributed by atoms with van der Waals surface area (Å²) in [5.74, 6) is -0.632. The highest BCUT2D eigenvalue weighted by atomic mass is 35.5. The Hall–Kier alpha value is -2.31. The van der Waals surface area contributed by atoms with E-state index in [9.17, 15) is 28.4 Å². The third-order valence-electron chi connectivity index (χ3n) is 5.68. The maximum atomic E-state index is 13.0. The molecule has 2 N–H and O–H groups in total. The van der Waals surface area contributed by atoms with Crippen molar-refractivity contribution in [2.75, 3.05) is 6.54 Å². The molecular formula is C19H22ClN3O5S. The van der Waals surface area contributed by atoms with Crippen LogP contribution in [0.15, 0.2) is 29.2 Å². The molecule has 8 nitrogen and oxygen atoms in total. The first-order valence-electron chi connectivity index (χ1n) is 9.41. The number of benzene rings is 1. The molecule has 156 valence electrons. The van der Waals surface area contributed by atoms with Gasteiger partial charge in [0.05, 0.1) is 21.2 Å². The topological polar surface area (TPSA) is 128 Å². The summed E-state index contributed by atoms with van der Waals surface area (Å²) in [6, 6.07) is 6.92. The molecular weight excluding hydrogens is 418 g/mol. The van der Waals surface area contributed by atoms with E-state index < -0.39 is 38.7 Å². The number of carbonyl (C=O) groups is 2. The highest BCUT2D eigenvalue weighted by Gasteiger charge is 2.47. The molecule has 3 rings (SSSR count). The Labute approximate surface area is 174 Å². The Balaban J connectivity index is 1.84. The number of carbonyl (C=O) groups excluding carboxylic acids is 1. The van der Waals surface area contributed by atoms with Crippen molar-refractivity contribution >= 4 is 33.4 Å². The first-order chi connectivity index (χ1) is 13.7. The van der Waals surface area contributed by atoms with Crippen LogP contribution in [0.5, 0.6) is 0 Å². The van der Waals surface area contributed by atoms with Gasteiger partial charge in [-0.05, 0) is 31.4 Å². The Morgan fingerprint density at radius 2 is 1.90 bits per heavy atom. The molecule has 1 saturated heterocycles. The van der Waals surface area contributed by atoms with E-state index in [1.54, 1.807) is 6.07 Å². The normalized spacial score (nSPS) is 23.9. The number of hydrogen-bond donors (Lipinski definition) is 2. The predicted molar refractivity (Wildman–Crippen MR) is 105 cm³/mol. The number of amides is 2. The van der Waals surface area contributed by atoms with E-state index in [1.807, 2.05) is 0 Å². The quantitative estimate of drug-likeness (QED) is 0.742. The lowest BCUT2D eigenvalue weighted by Gasteiger charge is -2.33. The second kappa shape index (κ2) is 8.20. The Morgan fingerprint density at radius 1 is 1.24 bits per heavy atom. The lowest BCUT2D eigenvalue weighted by atomic mass is 9.82. The van der Waals surface area contributed by atoms with Gasteiger partial charge in [0.2, 0.25) is 5.91 Å². The van der Waals surface area contributed by atoms with Crippen LogP contribution in [0.1, 0.15) is 38.5 Å². The molecule has 1 aromatic rings. The van der Waals surface area contributed by atoms with E-state index in [0.29, 0.717) is 12.8 Å². The zero-order valence-corrected chi connectivity index (χ0v) is 17.2. The van der Waals surface area contributed by atoms with Gasteiger partial charge in [0.25, 0.3) is 0 Å². The fourth-order valence-corrected chi connectivity index (χ4v) is 6.29. The molecule has 1 heterocycles. The fourth-order valence-electron chi connectivity index (χ4n) is 4.08. The van der Waals surface area contributed by atoms with Gasteiger partial charge in [0.15, 0.2) is 9.84 Å². The van der Waals surface area contributed by atoms with Crippen molar-refractivity contribution in [1.29, 1.82) is 5.26 Å². The summed E-state index contributed by atoms with van der Waals surface area (Å²) in [5, 5.41) is 20.7. The van der Waals surface area contributed by atoms with Crippen LogP contribution < -0.4 is 5.32 Å². The first kappa shape index (κ1) is 21.4. The van der Waals surface area contributed by atoms with Crippen LogP contribution in [-0.2, 0) is 14.6 Å². The minimum atomic E-state index is -3.94. The molecule has 0 radical (unpaired) electrons. The smallest absolute Gasteiger partial charge is 0.408 e. The van der Waals surface area contributed by atoms with E-state index in [0.717, 1.165) is 24.2 Å². The molecule has 1 saturated carbocycles. The van der Waals surface area contributed by atoms with Gasteiger partial charge in [-0.3, -0.25) is 9.69 Å². The molecule has 0 unspecified atom stereocenters. The minimum absolute atomic E-state index is 0.0490. The third kappa shape index (κ3) is 4.19. The summed E-state index contributed by atoms with van der Waals surface area (Å²) in [5.41, 5.74) is -1.03. The summed E-state index contributed by atoms with van der Waals surface area (Å²) < 4.78 is 26.0. The largest absolute Gasteiger partial charge is 0.465 e. The summed E-state index contributed by atoms with van der Waals surface area (Å²) in [7, 11) is -3.94. The van der Waals surface area contributed by atoms with Crippen molar-refractivity contribution in [3.05, 3.63) is 29.3 Å². The minimum Gasteiger partial charge on any atom is -0.465 e. The van der Waals surface area contributed by atoms with Crippen molar-refractivity contribution < 1.29 is 23.1 Å². The van der Waals surface area contributed by atoms with Crippen LogP contribution in [0, 0.1) is 11.3 Å². The van der Waals surface area contributed by atoms with E-state index in [4.69, 9.17) is 11.6 Å². The van der Waals surface area contributed by atoms with Crippen LogP contribution in [0.3, 0.4) is 0 Å². The SMILES string of the molecule is N#CC1(NC(=O)[C@@H]2C[C@@H](S(=O)(=O)c3ccccc3Cl)CN2C(=O)O)CCCCC1. The van der Waals surface area contributed by atoms with Gasteiger partial charge < -0.3 is 10.4 Å². The number of carboxylic acid groups (broad SMARTS) is 1. The average Bonchev–Trinajstić information content (AvgIpc) is 3.16. The van der Waals surface area contributed by atoms with Gasteiger partial charge in [-0.2, -0.15) is 5.26 Å². The molecule has 10 heteroatoms. The lowest BCUT2D eigenvalue weighted by molar-refractivity contribution is -0.126. The Morgan fingerprint density at radius 3 is 2.48 bits per heavy atom. The number of halogens is 1. The first-order valence-corrected chi connectivity index (χ1v) is 11.3. The molecule has 1 aliphatic carbocycles. The maximum Gasteiger partial charge on any atom is 0.408 e. The Bertz CT molecular complexity index is 953. The van der Waals surface area contributed by atoms with Crippen molar-refractivity contribution in [1.82, 2.24) is 10.2 Å². The summed E-state index contributed by atoms with van der Waals surface area (Å²) in [4.78, 5) is 25.3. The fraction of sp³-hybridized carbons (Fsp3) is 0.526. The van der Waals surface area contributed by atoms with E-state index in [1.165, 1.54) is 18.2 Å². The van der Waals surface area contributed by atoms with Gasteiger partial charge in [-0.15, -0.1) is 0 Å². The molecule has 2 amide bonds. The third-order valence-corrected chi connectivity index (χ3v) is 8.31. The number of likely N-dealkylation sites (tertiary alicyclic amines) is 1. The number of nitrogens with one attached hydrogen (secondary N) is 1. The van der Waals surface area contributed by atoms with Crippen molar-refractivity contribution in [2.24, 2.45) is 0 Å². The van der Waals surface area contributed by atoms with E-state index in [-0.39, 0.29) is 22.9 Å². The molecule has 2 fully saturated rings. The van der Waals surface area contributed by atoms with Gasteiger partial charge >= 0.3 is 6.09 Å². The van der Waals surface area contributed by atoms with Crippen LogP contribution in [0.25, 0.3) is 0 Å². The number of nitriles is 1. The highest BCUT2D eigenvalue weighted by molar-refractivity contribution is 7.92. The average molecular weight is 440 g/mol. The summed E-state index contributed by atoms with van der Waals surface area (Å²) in [6.45, 7) is -0.333. The van der Waals surface area contributed by atoms with E-state index in [2.05, 4.69) is 11.4 Å². The number of sulfone groups is 1. The van der Waals surface area contributed by atoms with Crippen molar-refractivity contribution in [2.45, 2.75) is 60.3 Å². The molecule has 2 aliphatic rings. The van der Waals surface area contributed by atoms with E-state index >= 15 is 0 Å². The van der Waals surface area contributed by atoms with Crippen LogP contribution in [0.4, 0.5) is 4.79 Å². The van der Waals surface area contributed by atoms with Gasteiger partial charge in [0, 0.05) is 6.54 Å². The molecule has 0 spiro atoms. The van der Waals surface area contributed by atoms with Crippen molar-refractivity contribution in [3.63, 3.8) is 0 Å². The zero-order valence-electron chi connectivity index (χ0n) is 15.7. The summed E-state index contributed by atoms with van der Waals surface area (Å²) >= 11 is 6.03. The molecule has 2 atom stereocenters. The lowest BCUT2D eigenvalue weighted by Crippen LogP contribution is -2.55. The second-order valence-electron chi connectivity index (χ2n) is 7.53. The van der Waals surface area contributed by atoms with Crippen LogP contribution in [0.2, 0.25) is 5.02 Å². The van der Waals surface area contributed by atoms with Gasteiger partial charge in [0.1, 0.15) is 11.6 Å². The number of rotatable bonds is 4. The summed E-state index contributed by atoms with van der Waals surface area (Å²) in [6.07, 6.45) is 1.99. The van der Waals surface area contributed by atoms with Gasteiger partial charge in [-0.25, -0.2) is 13.2 Å². The standard InChI is InChI=1S/C19H22ClN3O5S/c20-14-6-2-3-7-16(14)29(27,28)13-10-15(23(11-13)18(25)26)17(24)22-19(12-21)8-4-1-5-9-19/h2-3,6-7,13,15H,1,4-5,8-11H2,(H,22,24)(H,25,26)/t13-,15+/m1/s1. The molecule has 0 aromatic heterocycles. The van der Waals surface area contributed by atoms with Gasteiger partial charge in [-0.1, -0.05) is 43.0 Å². The second-order valence-corrected chi connectivity index (χ2v) is 10.1. The van der Waals surface area contributed by atoms with Crippen LogP contribution in [-0.4, -0.2) is 53.8 Å². The highest BCUT2D eigenvalue weighted by Crippen LogP contribution is 2.33. The Kier molecular flexibility index (Phi) is 6.05. The predicted octanol–water partition coefficient (Wildman–Crippen LogP) is 2.58. The van der Waals surface area contributed by atoms with Crippen molar-refractivity contribution in [3.8, 4) is 6.07 Å². The molecule has 1 aromatic carbocycles. The molecule has 29 heavy (non-hydrogen) atoms.